The first kappa shape index (κ1) is 17.4. The molecule has 2 aromatic heterocycles. The normalized spacial score (nSPS) is 17.3. The van der Waals surface area contributed by atoms with E-state index >= 15 is 0 Å². The Morgan fingerprint density at radius 1 is 1.26 bits per heavy atom. The molecule has 0 bridgehead atoms. The molecule has 3 heterocycles. The Hall–Kier alpha value is -2.99. The summed E-state index contributed by atoms with van der Waals surface area (Å²) in [5, 5.41) is 9.38. The number of aromatic nitrogens is 2. The number of hydrogen-bond donors (Lipinski definition) is 1. The second-order valence-electron chi connectivity index (χ2n) is 6.77. The standard InChI is InChI=1S/C21H21N3O3/c1-14-22-11-10-18(23-14)19-7-4-12-24(19)13-15-8-9-20(27-15)16-5-2-3-6-17(16)21(25)26/h2-3,5-6,8-11,19H,4,7,12-13H2,1H3,(H,25,26). The summed E-state index contributed by atoms with van der Waals surface area (Å²) in [5.41, 5.74) is 1.89. The molecule has 0 amide bonds. The maximum atomic E-state index is 11.4. The van der Waals surface area contributed by atoms with Crippen LogP contribution in [0.5, 0.6) is 0 Å². The zero-order valence-corrected chi connectivity index (χ0v) is 15.1. The third kappa shape index (κ3) is 3.61. The molecule has 1 N–H and O–H groups in total. The second-order valence-corrected chi connectivity index (χ2v) is 6.77. The van der Waals surface area contributed by atoms with Gasteiger partial charge in [-0.25, -0.2) is 14.8 Å². The molecule has 1 atom stereocenters. The first-order valence-corrected chi connectivity index (χ1v) is 9.07. The van der Waals surface area contributed by atoms with E-state index in [9.17, 15) is 9.90 Å². The summed E-state index contributed by atoms with van der Waals surface area (Å²) in [4.78, 5) is 22.6. The number of carboxylic acid groups (broad SMARTS) is 1. The number of aryl methyl sites for hydroxylation is 1. The molecule has 138 valence electrons. The van der Waals surface area contributed by atoms with Crippen LogP contribution < -0.4 is 0 Å². The zero-order chi connectivity index (χ0) is 18.8. The number of carbonyl (C=O) groups is 1. The highest BCUT2D eigenvalue weighted by Crippen LogP contribution is 2.33. The maximum absolute atomic E-state index is 11.4. The Balaban J connectivity index is 1.55. The van der Waals surface area contributed by atoms with Crippen LogP contribution in [0.25, 0.3) is 11.3 Å². The van der Waals surface area contributed by atoms with Crippen LogP contribution >= 0.6 is 0 Å². The summed E-state index contributed by atoms with van der Waals surface area (Å²) in [7, 11) is 0. The molecule has 6 nitrogen and oxygen atoms in total. The predicted octanol–water partition coefficient (Wildman–Crippen LogP) is 4.08. The molecular formula is C21H21N3O3. The van der Waals surface area contributed by atoms with E-state index in [1.165, 1.54) is 0 Å². The van der Waals surface area contributed by atoms with Crippen LogP contribution in [-0.2, 0) is 6.54 Å². The van der Waals surface area contributed by atoms with Gasteiger partial charge in [0.25, 0.3) is 0 Å². The second kappa shape index (κ2) is 7.32. The van der Waals surface area contributed by atoms with E-state index in [2.05, 4.69) is 14.9 Å². The number of likely N-dealkylation sites (tertiary alicyclic amines) is 1. The van der Waals surface area contributed by atoms with Crippen molar-refractivity contribution in [1.29, 1.82) is 0 Å². The Morgan fingerprint density at radius 2 is 2.11 bits per heavy atom. The third-order valence-electron chi connectivity index (χ3n) is 4.95. The van der Waals surface area contributed by atoms with Gasteiger partial charge in [0, 0.05) is 11.8 Å². The summed E-state index contributed by atoms with van der Waals surface area (Å²) in [6.45, 7) is 3.56. The molecule has 6 heteroatoms. The molecule has 0 saturated carbocycles. The summed E-state index contributed by atoms with van der Waals surface area (Å²) in [6, 6.07) is 12.9. The molecule has 3 aromatic rings. The zero-order valence-electron chi connectivity index (χ0n) is 15.1. The fourth-order valence-corrected chi connectivity index (χ4v) is 3.70. The first-order valence-electron chi connectivity index (χ1n) is 9.07. The van der Waals surface area contributed by atoms with E-state index in [1.807, 2.05) is 37.4 Å². The quantitative estimate of drug-likeness (QED) is 0.736. The van der Waals surface area contributed by atoms with Gasteiger partial charge in [-0.05, 0) is 50.6 Å². The van der Waals surface area contributed by atoms with Gasteiger partial charge in [-0.3, -0.25) is 4.90 Å². The van der Waals surface area contributed by atoms with E-state index in [0.717, 1.165) is 36.7 Å². The van der Waals surface area contributed by atoms with Crippen molar-refractivity contribution in [1.82, 2.24) is 14.9 Å². The van der Waals surface area contributed by atoms with Crippen LogP contribution in [0, 0.1) is 6.92 Å². The van der Waals surface area contributed by atoms with Crippen molar-refractivity contribution in [2.75, 3.05) is 6.54 Å². The minimum absolute atomic E-state index is 0.244. The Kier molecular flexibility index (Phi) is 4.73. The fraction of sp³-hybridized carbons (Fsp3) is 0.286. The van der Waals surface area contributed by atoms with E-state index in [4.69, 9.17) is 4.42 Å². The number of rotatable bonds is 5. The van der Waals surface area contributed by atoms with E-state index in [-0.39, 0.29) is 11.6 Å². The van der Waals surface area contributed by atoms with Crippen LogP contribution in [-0.4, -0.2) is 32.5 Å². The van der Waals surface area contributed by atoms with Crippen LogP contribution in [0.15, 0.2) is 53.1 Å². The molecule has 1 aromatic carbocycles. The summed E-state index contributed by atoms with van der Waals surface area (Å²) >= 11 is 0. The smallest absolute Gasteiger partial charge is 0.336 e. The Bertz CT molecular complexity index is 967. The molecule has 4 rings (SSSR count). The minimum atomic E-state index is -0.956. The first-order chi connectivity index (χ1) is 13.1. The lowest BCUT2D eigenvalue weighted by molar-refractivity contribution is 0.0697. The van der Waals surface area contributed by atoms with Crippen molar-refractivity contribution < 1.29 is 14.3 Å². The number of carboxylic acids is 1. The molecule has 1 fully saturated rings. The number of aromatic carboxylic acids is 1. The molecule has 27 heavy (non-hydrogen) atoms. The van der Waals surface area contributed by atoms with Gasteiger partial charge in [0.1, 0.15) is 17.3 Å². The van der Waals surface area contributed by atoms with Crippen molar-refractivity contribution in [3.05, 3.63) is 71.5 Å². The minimum Gasteiger partial charge on any atom is -0.478 e. The largest absolute Gasteiger partial charge is 0.478 e. The van der Waals surface area contributed by atoms with Gasteiger partial charge in [-0.1, -0.05) is 18.2 Å². The monoisotopic (exact) mass is 363 g/mol. The van der Waals surface area contributed by atoms with Crippen molar-refractivity contribution in [3.8, 4) is 11.3 Å². The SMILES string of the molecule is Cc1nccc(C2CCCN2Cc2ccc(-c3ccccc3C(=O)O)o2)n1. The lowest BCUT2D eigenvalue weighted by atomic mass is 10.1. The van der Waals surface area contributed by atoms with Crippen molar-refractivity contribution in [2.45, 2.75) is 32.4 Å². The lowest BCUT2D eigenvalue weighted by Crippen LogP contribution is -2.23. The van der Waals surface area contributed by atoms with Gasteiger partial charge in [0.05, 0.1) is 23.8 Å². The average molecular weight is 363 g/mol. The average Bonchev–Trinajstić information content (AvgIpc) is 3.32. The predicted molar refractivity (Wildman–Crippen MR) is 100 cm³/mol. The van der Waals surface area contributed by atoms with Gasteiger partial charge in [-0.15, -0.1) is 0 Å². The Morgan fingerprint density at radius 3 is 2.93 bits per heavy atom. The van der Waals surface area contributed by atoms with Crippen LogP contribution in [0.2, 0.25) is 0 Å². The summed E-state index contributed by atoms with van der Waals surface area (Å²) in [5.74, 6) is 1.23. The van der Waals surface area contributed by atoms with E-state index in [0.29, 0.717) is 17.9 Å². The van der Waals surface area contributed by atoms with Crippen LogP contribution in [0.4, 0.5) is 0 Å². The highest BCUT2D eigenvalue weighted by Gasteiger charge is 2.28. The highest BCUT2D eigenvalue weighted by atomic mass is 16.4. The van der Waals surface area contributed by atoms with Crippen LogP contribution in [0.1, 0.15) is 46.5 Å². The highest BCUT2D eigenvalue weighted by molar-refractivity contribution is 5.95. The molecule has 0 aliphatic carbocycles. The maximum Gasteiger partial charge on any atom is 0.336 e. The topological polar surface area (TPSA) is 79.5 Å². The third-order valence-corrected chi connectivity index (χ3v) is 4.95. The number of benzene rings is 1. The van der Waals surface area contributed by atoms with E-state index < -0.39 is 5.97 Å². The lowest BCUT2D eigenvalue weighted by Gasteiger charge is -2.23. The molecule has 1 unspecified atom stereocenters. The molecule has 0 radical (unpaired) electrons. The van der Waals surface area contributed by atoms with Crippen molar-refractivity contribution in [3.63, 3.8) is 0 Å². The Labute approximate surface area is 157 Å². The van der Waals surface area contributed by atoms with Gasteiger partial charge in [0.15, 0.2) is 0 Å². The van der Waals surface area contributed by atoms with Gasteiger partial charge in [0.2, 0.25) is 0 Å². The van der Waals surface area contributed by atoms with Gasteiger partial charge >= 0.3 is 5.97 Å². The fourth-order valence-electron chi connectivity index (χ4n) is 3.70. The van der Waals surface area contributed by atoms with Crippen LogP contribution in [0.3, 0.4) is 0 Å². The number of nitrogens with zero attached hydrogens (tertiary/aromatic N) is 3. The number of furan rings is 1. The van der Waals surface area contributed by atoms with Crippen molar-refractivity contribution >= 4 is 5.97 Å². The number of hydrogen-bond acceptors (Lipinski definition) is 5. The molecule has 1 aliphatic rings. The van der Waals surface area contributed by atoms with E-state index in [1.54, 1.807) is 18.2 Å². The van der Waals surface area contributed by atoms with Gasteiger partial charge < -0.3 is 9.52 Å². The molecule has 1 aliphatic heterocycles. The molecular weight excluding hydrogens is 342 g/mol. The molecule has 1 saturated heterocycles. The van der Waals surface area contributed by atoms with Gasteiger partial charge in [-0.2, -0.15) is 0 Å². The van der Waals surface area contributed by atoms with Crippen molar-refractivity contribution in [2.24, 2.45) is 0 Å². The molecule has 0 spiro atoms. The summed E-state index contributed by atoms with van der Waals surface area (Å²) in [6.07, 6.45) is 3.98. The summed E-state index contributed by atoms with van der Waals surface area (Å²) < 4.78 is 5.99.